The zero-order valence-electron chi connectivity index (χ0n) is 11.8. The fraction of sp³-hybridized carbons (Fsp3) is 0.583. The van der Waals surface area contributed by atoms with Crippen LogP contribution in [0, 0.1) is 6.92 Å². The highest BCUT2D eigenvalue weighted by atomic mass is 32.2. The number of aryl methyl sites for hydroxylation is 1. The summed E-state index contributed by atoms with van der Waals surface area (Å²) in [4.78, 5) is 32.3. The number of sulfonamides is 1. The lowest BCUT2D eigenvalue weighted by atomic mass is 10.1. The lowest BCUT2D eigenvalue weighted by Crippen LogP contribution is -2.39. The first-order valence-corrected chi connectivity index (χ1v) is 8.35. The number of H-pyrrole nitrogens is 1. The van der Waals surface area contributed by atoms with E-state index in [1.165, 1.54) is 0 Å². The third kappa shape index (κ3) is 4.11. The van der Waals surface area contributed by atoms with Crippen molar-refractivity contribution in [3.63, 3.8) is 0 Å². The quantitative estimate of drug-likeness (QED) is 0.739. The number of fused-ring (bicyclic) bond motifs is 1. The van der Waals surface area contributed by atoms with Crippen LogP contribution in [0.15, 0.2) is 4.79 Å². The summed E-state index contributed by atoms with van der Waals surface area (Å²) in [5, 5.41) is 4.90. The molecule has 116 valence electrons. The molecule has 3 N–H and O–H groups in total. The molecule has 0 aliphatic carbocycles. The van der Waals surface area contributed by atoms with Crippen molar-refractivity contribution in [2.45, 2.75) is 32.7 Å². The molecule has 1 amide bonds. The van der Waals surface area contributed by atoms with Crippen molar-refractivity contribution in [1.82, 2.24) is 14.9 Å². The molecule has 2 heterocycles. The van der Waals surface area contributed by atoms with Gasteiger partial charge in [0.25, 0.3) is 5.56 Å². The molecule has 21 heavy (non-hydrogen) atoms. The number of aromatic nitrogens is 2. The number of rotatable bonds is 4. The van der Waals surface area contributed by atoms with Crippen LogP contribution in [0.25, 0.3) is 0 Å². The zero-order valence-corrected chi connectivity index (χ0v) is 12.6. The van der Waals surface area contributed by atoms with Gasteiger partial charge in [-0.2, -0.15) is 0 Å². The summed E-state index contributed by atoms with van der Waals surface area (Å²) < 4.78 is 21.7. The molecule has 8 nitrogen and oxygen atoms in total. The number of carbonyl (C=O) groups excluding carboxylic acids is 1. The minimum Gasteiger partial charge on any atom is -0.336 e. The number of aromatic amines is 1. The molecule has 1 aromatic heterocycles. The first-order chi connectivity index (χ1) is 9.76. The van der Waals surface area contributed by atoms with Crippen LogP contribution < -0.4 is 10.7 Å². The van der Waals surface area contributed by atoms with Gasteiger partial charge in [0.05, 0.1) is 18.0 Å². The fourth-order valence-corrected chi connectivity index (χ4v) is 2.91. The number of hydrogen-bond donors (Lipinski definition) is 2. The lowest BCUT2D eigenvalue weighted by Gasteiger charge is -2.27. The second-order valence-corrected chi connectivity index (χ2v) is 6.85. The standard InChI is InChI=1S/C12H18N4O4S/c1-8-14-10-7-16(5-4-9(10)12(18)15-8)11(17)3-2-6-21(13,19)20/h2-7H2,1H3,(H2,13,19,20)(H,14,15,18). The lowest BCUT2D eigenvalue weighted by molar-refractivity contribution is -0.132. The van der Waals surface area contributed by atoms with E-state index >= 15 is 0 Å². The molecule has 0 radical (unpaired) electrons. The average molecular weight is 314 g/mol. The van der Waals surface area contributed by atoms with Crippen LogP contribution in [-0.2, 0) is 27.8 Å². The van der Waals surface area contributed by atoms with Crippen LogP contribution >= 0.6 is 0 Å². The van der Waals surface area contributed by atoms with Crippen LogP contribution in [0.2, 0.25) is 0 Å². The Morgan fingerprint density at radius 2 is 2.19 bits per heavy atom. The predicted molar refractivity (Wildman–Crippen MR) is 75.9 cm³/mol. The maximum Gasteiger partial charge on any atom is 0.254 e. The summed E-state index contributed by atoms with van der Waals surface area (Å²) >= 11 is 0. The van der Waals surface area contributed by atoms with Crippen LogP contribution in [0.4, 0.5) is 0 Å². The van der Waals surface area contributed by atoms with Crippen molar-refractivity contribution < 1.29 is 13.2 Å². The molecule has 0 atom stereocenters. The first kappa shape index (κ1) is 15.6. The molecule has 0 saturated carbocycles. The Kier molecular flexibility index (Phi) is 4.43. The molecule has 2 rings (SSSR count). The van der Waals surface area contributed by atoms with Gasteiger partial charge in [0.1, 0.15) is 5.82 Å². The summed E-state index contributed by atoms with van der Waals surface area (Å²) in [5.41, 5.74) is 1.08. The van der Waals surface area contributed by atoms with Gasteiger partial charge in [0.2, 0.25) is 15.9 Å². The molecular formula is C12H18N4O4S. The van der Waals surface area contributed by atoms with Crippen molar-refractivity contribution in [3.05, 3.63) is 27.4 Å². The average Bonchev–Trinajstić information content (AvgIpc) is 2.36. The fourth-order valence-electron chi connectivity index (χ4n) is 2.36. The maximum atomic E-state index is 12.0. The number of nitrogens with zero attached hydrogens (tertiary/aromatic N) is 2. The van der Waals surface area contributed by atoms with Crippen molar-refractivity contribution in [1.29, 1.82) is 0 Å². The number of primary sulfonamides is 1. The van der Waals surface area contributed by atoms with Crippen molar-refractivity contribution >= 4 is 15.9 Å². The molecule has 0 unspecified atom stereocenters. The summed E-state index contributed by atoms with van der Waals surface area (Å²) in [5.74, 6) is 0.159. The molecule has 1 aliphatic rings. The van der Waals surface area contributed by atoms with Crippen LogP contribution in [0.5, 0.6) is 0 Å². The van der Waals surface area contributed by atoms with Gasteiger partial charge in [-0.15, -0.1) is 0 Å². The molecule has 1 aliphatic heterocycles. The number of nitrogens with two attached hydrogens (primary N) is 1. The molecule has 1 aromatic rings. The largest absolute Gasteiger partial charge is 0.336 e. The highest BCUT2D eigenvalue weighted by Crippen LogP contribution is 2.15. The number of amides is 1. The molecule has 0 saturated heterocycles. The van der Waals surface area contributed by atoms with E-state index in [2.05, 4.69) is 9.97 Å². The van der Waals surface area contributed by atoms with Gasteiger partial charge in [0, 0.05) is 18.5 Å². The Bertz CT molecular complexity index is 710. The van der Waals surface area contributed by atoms with Gasteiger partial charge in [-0.1, -0.05) is 0 Å². The maximum absolute atomic E-state index is 12.0. The Morgan fingerprint density at radius 1 is 1.48 bits per heavy atom. The topological polar surface area (TPSA) is 126 Å². The van der Waals surface area contributed by atoms with E-state index in [9.17, 15) is 18.0 Å². The minimum atomic E-state index is -3.54. The van der Waals surface area contributed by atoms with E-state index in [1.54, 1.807) is 11.8 Å². The third-order valence-corrected chi connectivity index (χ3v) is 4.22. The van der Waals surface area contributed by atoms with E-state index < -0.39 is 10.0 Å². The second-order valence-electron chi connectivity index (χ2n) is 5.11. The van der Waals surface area contributed by atoms with Gasteiger partial charge < -0.3 is 9.88 Å². The van der Waals surface area contributed by atoms with E-state index in [4.69, 9.17) is 5.14 Å². The van der Waals surface area contributed by atoms with Crippen LogP contribution in [0.3, 0.4) is 0 Å². The molecule has 0 bridgehead atoms. The molecule has 9 heteroatoms. The van der Waals surface area contributed by atoms with Crippen LogP contribution in [-0.4, -0.2) is 41.5 Å². The van der Waals surface area contributed by atoms with Gasteiger partial charge in [-0.05, 0) is 19.8 Å². The zero-order chi connectivity index (χ0) is 15.6. The van der Waals surface area contributed by atoms with Gasteiger partial charge >= 0.3 is 0 Å². The minimum absolute atomic E-state index is 0.119. The first-order valence-electron chi connectivity index (χ1n) is 6.63. The number of nitrogens with one attached hydrogen (secondary N) is 1. The van der Waals surface area contributed by atoms with E-state index in [-0.39, 0.29) is 36.6 Å². The van der Waals surface area contributed by atoms with Gasteiger partial charge in [-0.25, -0.2) is 18.5 Å². The molecular weight excluding hydrogens is 296 g/mol. The molecule has 0 fully saturated rings. The number of carbonyl (C=O) groups is 1. The highest BCUT2D eigenvalue weighted by molar-refractivity contribution is 7.89. The smallest absolute Gasteiger partial charge is 0.254 e. The summed E-state index contributed by atoms with van der Waals surface area (Å²) in [6.07, 6.45) is 0.773. The monoisotopic (exact) mass is 314 g/mol. The number of hydrogen-bond acceptors (Lipinski definition) is 5. The van der Waals surface area contributed by atoms with Gasteiger partial charge in [0.15, 0.2) is 0 Å². The molecule has 0 spiro atoms. The SMILES string of the molecule is Cc1nc2c(c(=O)[nH]1)CCN(C(=O)CCCS(N)(=O)=O)C2. The third-order valence-electron chi connectivity index (χ3n) is 3.36. The van der Waals surface area contributed by atoms with Crippen LogP contribution in [0.1, 0.15) is 29.9 Å². The molecule has 0 aromatic carbocycles. The summed E-state index contributed by atoms with van der Waals surface area (Å²) in [6, 6.07) is 0. The second kappa shape index (κ2) is 5.94. The normalized spacial score (nSPS) is 14.9. The summed E-state index contributed by atoms with van der Waals surface area (Å²) in [7, 11) is -3.54. The Labute approximate surface area is 122 Å². The van der Waals surface area contributed by atoms with E-state index in [0.717, 1.165) is 0 Å². The van der Waals surface area contributed by atoms with E-state index in [1.807, 2.05) is 0 Å². The van der Waals surface area contributed by atoms with Crippen molar-refractivity contribution in [2.24, 2.45) is 5.14 Å². The van der Waals surface area contributed by atoms with E-state index in [0.29, 0.717) is 30.0 Å². The summed E-state index contributed by atoms with van der Waals surface area (Å²) in [6.45, 7) is 2.41. The Hall–Kier alpha value is -1.74. The van der Waals surface area contributed by atoms with Crippen molar-refractivity contribution in [2.75, 3.05) is 12.3 Å². The Morgan fingerprint density at radius 3 is 2.86 bits per heavy atom. The van der Waals surface area contributed by atoms with Crippen molar-refractivity contribution in [3.8, 4) is 0 Å². The predicted octanol–water partition coefficient (Wildman–Crippen LogP) is -0.968. The highest BCUT2D eigenvalue weighted by Gasteiger charge is 2.23. The van der Waals surface area contributed by atoms with Gasteiger partial charge in [-0.3, -0.25) is 9.59 Å². The Balaban J connectivity index is 2.01.